The number of hydrogen-bond donors (Lipinski definition) is 0. The maximum atomic E-state index is 2.45. The maximum absolute atomic E-state index is 2.45. The Labute approximate surface area is 476 Å². The molecule has 0 N–H and O–H groups in total. The van der Waals surface area contributed by atoms with E-state index in [1.54, 1.807) is 0 Å². The first kappa shape index (κ1) is 50.1. The Morgan fingerprint density at radius 2 is 0.432 bits per heavy atom. The monoisotopic (exact) mass is 1040 g/mol. The lowest BCUT2D eigenvalue weighted by Crippen LogP contribution is -2.30. The molecule has 1 aliphatic rings. The largest absolute Gasteiger partial charge is 0.334 e. The van der Waals surface area contributed by atoms with Crippen LogP contribution in [0.15, 0.2) is 340 Å². The lowest BCUT2D eigenvalue weighted by atomic mass is 9.95. The molecule has 12 aromatic carbocycles. The summed E-state index contributed by atoms with van der Waals surface area (Å²) in [6.07, 6.45) is 7.91. The Morgan fingerprint density at radius 1 is 0.210 bits per heavy atom. The Morgan fingerprint density at radius 3 is 0.728 bits per heavy atom. The van der Waals surface area contributed by atoms with Crippen molar-refractivity contribution in [2.24, 2.45) is 0 Å². The van der Waals surface area contributed by atoms with E-state index in [-0.39, 0.29) is 6.04 Å². The normalized spacial score (nSPS) is 12.8. The Kier molecular flexibility index (Phi) is 14.4. The van der Waals surface area contributed by atoms with E-state index in [1.165, 1.54) is 78.1 Å². The smallest absolute Gasteiger partial charge is 0.0560 e. The number of anilines is 8. The number of rotatable bonds is 15. The van der Waals surface area contributed by atoms with Gasteiger partial charge in [-0.3, -0.25) is 0 Å². The molecule has 0 bridgehead atoms. The van der Waals surface area contributed by atoms with Crippen LogP contribution in [0.1, 0.15) is 12.0 Å². The van der Waals surface area contributed by atoms with Crippen LogP contribution in [0.2, 0.25) is 0 Å². The predicted molar refractivity (Wildman–Crippen MR) is 344 cm³/mol. The average Bonchev–Trinajstić information content (AvgIpc) is 3.57. The third-order valence-electron chi connectivity index (χ3n) is 15.4. The van der Waals surface area contributed by atoms with Crippen LogP contribution in [-0.2, 0) is 0 Å². The van der Waals surface area contributed by atoms with Crippen molar-refractivity contribution < 1.29 is 0 Å². The van der Waals surface area contributed by atoms with Gasteiger partial charge in [-0.05, 0) is 170 Å². The van der Waals surface area contributed by atoms with Crippen LogP contribution >= 0.6 is 0 Å². The van der Waals surface area contributed by atoms with E-state index in [9.17, 15) is 0 Å². The predicted octanol–water partition coefficient (Wildman–Crippen LogP) is 21.5. The second kappa shape index (κ2) is 23.2. The molecule has 0 spiro atoms. The summed E-state index contributed by atoms with van der Waals surface area (Å²) < 4.78 is 0. The van der Waals surface area contributed by atoms with Crippen molar-refractivity contribution in [1.29, 1.82) is 0 Å². The van der Waals surface area contributed by atoms with Crippen molar-refractivity contribution in [3.63, 3.8) is 0 Å². The van der Waals surface area contributed by atoms with E-state index in [2.05, 4.69) is 354 Å². The fourth-order valence-corrected chi connectivity index (χ4v) is 11.2. The molecule has 1 aliphatic carbocycles. The van der Waals surface area contributed by atoms with Gasteiger partial charge >= 0.3 is 0 Å². The van der Waals surface area contributed by atoms with Gasteiger partial charge in [0, 0.05) is 45.5 Å². The molecule has 0 amide bonds. The third kappa shape index (κ3) is 11.0. The van der Waals surface area contributed by atoms with Crippen LogP contribution in [0.5, 0.6) is 0 Å². The highest BCUT2D eigenvalue weighted by Gasteiger charge is 2.21. The second-order valence-electron chi connectivity index (χ2n) is 20.5. The number of allylic oxidation sites excluding steroid dienone is 2. The minimum absolute atomic E-state index is 0.208. The van der Waals surface area contributed by atoms with E-state index in [1.807, 2.05) is 0 Å². The van der Waals surface area contributed by atoms with Crippen LogP contribution in [0.4, 0.5) is 45.5 Å². The fourth-order valence-electron chi connectivity index (χ4n) is 11.2. The topological polar surface area (TPSA) is 9.72 Å². The molecule has 0 heterocycles. The summed E-state index contributed by atoms with van der Waals surface area (Å²) in [5.74, 6) is 0. The van der Waals surface area contributed by atoms with Crippen molar-refractivity contribution in [3.8, 4) is 55.6 Å². The van der Waals surface area contributed by atoms with E-state index in [0.717, 1.165) is 40.5 Å². The molecule has 13 rings (SSSR count). The van der Waals surface area contributed by atoms with E-state index in [0.29, 0.717) is 0 Å². The van der Waals surface area contributed by atoms with Crippen LogP contribution in [0.25, 0.3) is 61.2 Å². The minimum atomic E-state index is 0.208. The third-order valence-corrected chi connectivity index (χ3v) is 15.4. The van der Waals surface area contributed by atoms with Gasteiger partial charge in [0.15, 0.2) is 0 Å². The van der Waals surface area contributed by atoms with Crippen LogP contribution < -0.4 is 14.7 Å². The molecule has 3 nitrogen and oxygen atoms in total. The van der Waals surface area contributed by atoms with Crippen molar-refractivity contribution in [1.82, 2.24) is 0 Å². The maximum Gasteiger partial charge on any atom is 0.0560 e. The molecule has 0 fully saturated rings. The molecule has 0 aliphatic heterocycles. The first-order chi connectivity index (χ1) is 40.1. The Bertz CT molecular complexity index is 4030. The summed E-state index contributed by atoms with van der Waals surface area (Å²) >= 11 is 0. The molecule has 1 atom stereocenters. The quantitative estimate of drug-likeness (QED) is 0.101. The number of nitrogens with zero attached hydrogens (tertiary/aromatic N) is 3. The molecule has 0 radical (unpaired) electrons. The Balaban J connectivity index is 0.688. The van der Waals surface area contributed by atoms with Crippen LogP contribution in [-0.4, -0.2) is 6.04 Å². The number of hydrogen-bond acceptors (Lipinski definition) is 3. The van der Waals surface area contributed by atoms with Crippen LogP contribution in [0.3, 0.4) is 0 Å². The van der Waals surface area contributed by atoms with Gasteiger partial charge < -0.3 is 14.7 Å². The van der Waals surface area contributed by atoms with Crippen molar-refractivity contribution >= 4 is 51.1 Å². The second-order valence-corrected chi connectivity index (χ2v) is 20.5. The van der Waals surface area contributed by atoms with Gasteiger partial charge in [-0.2, -0.15) is 0 Å². The van der Waals surface area contributed by atoms with Gasteiger partial charge in [0.05, 0.1) is 6.04 Å². The summed E-state index contributed by atoms with van der Waals surface area (Å²) in [6, 6.07) is 116. The summed E-state index contributed by atoms with van der Waals surface area (Å²) in [7, 11) is 0. The molecule has 12 aromatic rings. The van der Waals surface area contributed by atoms with Gasteiger partial charge in [0.25, 0.3) is 0 Å². The molecular weight excluding hydrogens is 979 g/mol. The summed E-state index contributed by atoms with van der Waals surface area (Å²) in [4.78, 5) is 7.09. The highest BCUT2D eigenvalue weighted by Crippen LogP contribution is 2.40. The molecule has 81 heavy (non-hydrogen) atoms. The lowest BCUT2D eigenvalue weighted by molar-refractivity contribution is 0.787. The van der Waals surface area contributed by atoms with Crippen molar-refractivity contribution in [2.75, 3.05) is 14.7 Å². The van der Waals surface area contributed by atoms with Gasteiger partial charge in [-0.1, -0.05) is 243 Å². The van der Waals surface area contributed by atoms with Crippen molar-refractivity contribution in [2.45, 2.75) is 12.5 Å². The molecule has 386 valence electrons. The van der Waals surface area contributed by atoms with E-state index in [4.69, 9.17) is 0 Å². The van der Waals surface area contributed by atoms with Gasteiger partial charge in [0.2, 0.25) is 0 Å². The SMILES string of the molecule is C1=CC(N(c2ccccc2)c2ccc(-c3ccc(-c4ccc(N(c5ccccc5)c5ccc(-c6ccc(-c7ccc(N(c8ccccc8)c8ccc(-c9ccccc9)cc8)cc7)cc6)cc5)cc4)cc3)cc2)CC=C1c1ccccc1. The number of para-hydroxylation sites is 3. The molecule has 3 heteroatoms. The van der Waals surface area contributed by atoms with Gasteiger partial charge in [0.1, 0.15) is 0 Å². The minimum Gasteiger partial charge on any atom is -0.334 e. The highest BCUT2D eigenvalue weighted by molar-refractivity contribution is 5.84. The van der Waals surface area contributed by atoms with Gasteiger partial charge in [-0.25, -0.2) is 0 Å². The van der Waals surface area contributed by atoms with Crippen molar-refractivity contribution in [3.05, 3.63) is 345 Å². The number of benzene rings is 12. The first-order valence-electron chi connectivity index (χ1n) is 27.9. The highest BCUT2D eigenvalue weighted by atomic mass is 15.2. The summed E-state index contributed by atoms with van der Waals surface area (Å²) in [6.45, 7) is 0. The molecule has 1 unspecified atom stereocenters. The Hall–Kier alpha value is -10.5. The zero-order chi connectivity index (χ0) is 54.2. The van der Waals surface area contributed by atoms with Gasteiger partial charge in [-0.15, -0.1) is 0 Å². The molecule has 0 saturated heterocycles. The van der Waals surface area contributed by atoms with E-state index < -0.39 is 0 Å². The fraction of sp³-hybridized carbons (Fsp3) is 0.0256. The first-order valence-corrected chi connectivity index (χ1v) is 27.9. The van der Waals surface area contributed by atoms with Crippen LogP contribution in [0, 0.1) is 0 Å². The molecular formula is C78H59N3. The standard InChI is InChI=1S/C78H59N3/c1-6-16-58(17-7-1)64-34-46-73(47-35-64)79(70-20-10-3-11-21-70)75-50-38-66(39-51-75)60-26-30-62(31-27-60)68-42-54-77(55-43-68)81(72-24-14-5-15-25-72)78-56-44-69(45-57-78)63-32-28-61(29-33-63)67-40-52-76(53-41-67)80(71-22-12-4-13-23-71)74-48-36-65(37-49-74)59-18-8-2-9-19-59/h1-48,50-57,74H,49H2. The summed E-state index contributed by atoms with van der Waals surface area (Å²) in [5, 5.41) is 0. The average molecular weight is 1040 g/mol. The zero-order valence-electron chi connectivity index (χ0n) is 45.0. The van der Waals surface area contributed by atoms with E-state index >= 15 is 0 Å². The molecule has 0 aromatic heterocycles. The molecule has 0 saturated carbocycles. The summed E-state index contributed by atoms with van der Waals surface area (Å²) in [5.41, 5.74) is 23.4. The zero-order valence-corrected chi connectivity index (χ0v) is 45.0. The lowest BCUT2D eigenvalue weighted by Gasteiger charge is -2.33.